The molecule has 0 radical (unpaired) electrons. The molecule has 0 spiro atoms. The van der Waals surface area contributed by atoms with Gasteiger partial charge in [-0.2, -0.15) is 0 Å². The maximum atomic E-state index is 12.5. The summed E-state index contributed by atoms with van der Waals surface area (Å²) in [5.41, 5.74) is 2.47. The Morgan fingerprint density at radius 3 is 2.42 bits per heavy atom. The summed E-state index contributed by atoms with van der Waals surface area (Å²) in [5.74, 6) is 1.20. The molecule has 1 amide bonds. The van der Waals surface area contributed by atoms with E-state index in [0.29, 0.717) is 29.9 Å². The molecule has 2 aromatic carbocycles. The van der Waals surface area contributed by atoms with Crippen LogP contribution < -0.4 is 10.1 Å². The molecule has 0 aliphatic carbocycles. The van der Waals surface area contributed by atoms with Crippen molar-refractivity contribution < 1.29 is 14.3 Å². The van der Waals surface area contributed by atoms with Gasteiger partial charge >= 0.3 is 0 Å². The SMILES string of the molecule is COCCOc1ccc(NC(=O)CSc2nnc(-c3ccccc3)n2-c2ccccc2)cn1. The fourth-order valence-corrected chi connectivity index (χ4v) is 3.80. The lowest BCUT2D eigenvalue weighted by atomic mass is 10.2. The standard InChI is InChI=1S/C24H23N5O3S/c1-31-14-15-32-22-13-12-19(16-25-22)26-21(30)17-33-24-28-27-23(18-8-4-2-5-9-18)29(24)20-10-6-3-7-11-20/h2-13,16H,14-15,17H2,1H3,(H,26,30). The fraction of sp³-hybridized carbons (Fsp3) is 0.167. The van der Waals surface area contributed by atoms with Crippen molar-refractivity contribution in [1.82, 2.24) is 19.7 Å². The molecule has 1 N–H and O–H groups in total. The summed E-state index contributed by atoms with van der Waals surface area (Å²) in [5, 5.41) is 12.2. The Labute approximate surface area is 196 Å². The lowest BCUT2D eigenvalue weighted by molar-refractivity contribution is -0.113. The first-order valence-electron chi connectivity index (χ1n) is 10.3. The van der Waals surface area contributed by atoms with E-state index in [1.165, 1.54) is 11.8 Å². The molecule has 4 rings (SSSR count). The molecular weight excluding hydrogens is 438 g/mol. The van der Waals surface area contributed by atoms with Crippen molar-refractivity contribution in [3.63, 3.8) is 0 Å². The summed E-state index contributed by atoms with van der Waals surface area (Å²) in [6, 6.07) is 23.2. The van der Waals surface area contributed by atoms with Crippen LogP contribution in [0.3, 0.4) is 0 Å². The first kappa shape index (κ1) is 22.5. The zero-order valence-corrected chi connectivity index (χ0v) is 18.9. The highest BCUT2D eigenvalue weighted by Gasteiger charge is 2.17. The summed E-state index contributed by atoms with van der Waals surface area (Å²) in [4.78, 5) is 16.7. The van der Waals surface area contributed by atoms with Crippen molar-refractivity contribution in [3.8, 4) is 23.0 Å². The molecule has 0 aliphatic rings. The van der Waals surface area contributed by atoms with Crippen LogP contribution in [0.25, 0.3) is 17.1 Å². The lowest BCUT2D eigenvalue weighted by Crippen LogP contribution is -2.15. The fourth-order valence-electron chi connectivity index (χ4n) is 3.04. The summed E-state index contributed by atoms with van der Waals surface area (Å²) in [6.07, 6.45) is 1.56. The van der Waals surface area contributed by atoms with Crippen molar-refractivity contribution in [1.29, 1.82) is 0 Å². The number of methoxy groups -OCH3 is 1. The zero-order valence-electron chi connectivity index (χ0n) is 18.0. The number of carbonyl (C=O) groups is 1. The van der Waals surface area contributed by atoms with Crippen molar-refractivity contribution in [2.45, 2.75) is 5.16 Å². The number of amides is 1. The highest BCUT2D eigenvalue weighted by Crippen LogP contribution is 2.28. The van der Waals surface area contributed by atoms with Crippen LogP contribution in [0.4, 0.5) is 5.69 Å². The lowest BCUT2D eigenvalue weighted by Gasteiger charge is -2.10. The van der Waals surface area contributed by atoms with Gasteiger partial charge in [0.15, 0.2) is 11.0 Å². The Kier molecular flexibility index (Phi) is 7.68. The minimum Gasteiger partial charge on any atom is -0.475 e. The average Bonchev–Trinajstić information content (AvgIpc) is 3.29. The minimum atomic E-state index is -0.168. The van der Waals surface area contributed by atoms with Crippen LogP contribution in [-0.4, -0.2) is 51.7 Å². The van der Waals surface area contributed by atoms with Crippen LogP contribution in [0, 0.1) is 0 Å². The van der Waals surface area contributed by atoms with Crippen LogP contribution >= 0.6 is 11.8 Å². The third-order valence-electron chi connectivity index (χ3n) is 4.57. The molecule has 8 nitrogen and oxygen atoms in total. The van der Waals surface area contributed by atoms with Crippen LogP contribution in [-0.2, 0) is 9.53 Å². The van der Waals surface area contributed by atoms with E-state index in [4.69, 9.17) is 9.47 Å². The monoisotopic (exact) mass is 461 g/mol. The molecule has 168 valence electrons. The Morgan fingerprint density at radius 2 is 1.73 bits per heavy atom. The van der Waals surface area contributed by atoms with E-state index in [-0.39, 0.29) is 11.7 Å². The minimum absolute atomic E-state index is 0.168. The second-order valence-corrected chi connectivity index (χ2v) is 7.85. The van der Waals surface area contributed by atoms with E-state index in [1.54, 1.807) is 25.4 Å². The number of thioether (sulfide) groups is 1. The van der Waals surface area contributed by atoms with Crippen LogP contribution in [0.1, 0.15) is 0 Å². The molecule has 0 atom stereocenters. The summed E-state index contributed by atoms with van der Waals surface area (Å²) in [6.45, 7) is 0.899. The number of nitrogens with one attached hydrogen (secondary N) is 1. The number of hydrogen-bond acceptors (Lipinski definition) is 7. The van der Waals surface area contributed by atoms with Gasteiger partial charge in [-0.1, -0.05) is 60.3 Å². The molecular formula is C24H23N5O3S. The molecule has 0 unspecified atom stereocenters. The Balaban J connectivity index is 1.44. The first-order chi connectivity index (χ1) is 16.2. The predicted octanol–water partition coefficient (Wildman–Crippen LogP) is 4.09. The Morgan fingerprint density at radius 1 is 0.970 bits per heavy atom. The van der Waals surface area contributed by atoms with Crippen LogP contribution in [0.15, 0.2) is 84.1 Å². The summed E-state index contributed by atoms with van der Waals surface area (Å²) < 4.78 is 12.3. The van der Waals surface area contributed by atoms with E-state index in [9.17, 15) is 4.79 Å². The van der Waals surface area contributed by atoms with Gasteiger partial charge in [-0.25, -0.2) is 4.98 Å². The molecule has 2 aromatic heterocycles. The number of hydrogen-bond donors (Lipinski definition) is 1. The highest BCUT2D eigenvalue weighted by atomic mass is 32.2. The maximum absolute atomic E-state index is 12.5. The number of para-hydroxylation sites is 1. The second-order valence-electron chi connectivity index (χ2n) is 6.91. The number of carbonyl (C=O) groups excluding carboxylic acids is 1. The number of rotatable bonds is 10. The molecule has 0 saturated carbocycles. The molecule has 0 aliphatic heterocycles. The second kappa shape index (κ2) is 11.3. The van der Waals surface area contributed by atoms with Gasteiger partial charge in [0.05, 0.1) is 24.2 Å². The number of ether oxygens (including phenoxy) is 2. The number of pyridine rings is 1. The highest BCUT2D eigenvalue weighted by molar-refractivity contribution is 7.99. The Hall–Kier alpha value is -3.69. The quantitative estimate of drug-likeness (QED) is 0.281. The normalized spacial score (nSPS) is 10.7. The van der Waals surface area contributed by atoms with Gasteiger partial charge in [0.2, 0.25) is 11.8 Å². The van der Waals surface area contributed by atoms with Gasteiger partial charge in [-0.15, -0.1) is 10.2 Å². The summed E-state index contributed by atoms with van der Waals surface area (Å²) in [7, 11) is 1.61. The van der Waals surface area contributed by atoms with Crippen molar-refractivity contribution >= 4 is 23.4 Å². The Bertz CT molecular complexity index is 1170. The number of anilines is 1. The molecule has 4 aromatic rings. The van der Waals surface area contributed by atoms with Crippen molar-refractivity contribution in [2.24, 2.45) is 0 Å². The third kappa shape index (κ3) is 5.97. The molecule has 0 saturated heterocycles. The van der Waals surface area contributed by atoms with Crippen LogP contribution in [0.2, 0.25) is 0 Å². The predicted molar refractivity (Wildman–Crippen MR) is 128 cm³/mol. The van der Waals surface area contributed by atoms with Crippen LogP contribution in [0.5, 0.6) is 5.88 Å². The van der Waals surface area contributed by atoms with E-state index in [1.807, 2.05) is 65.2 Å². The third-order valence-corrected chi connectivity index (χ3v) is 5.50. The van der Waals surface area contributed by atoms with Gasteiger partial charge in [0, 0.05) is 24.4 Å². The number of aromatic nitrogens is 4. The van der Waals surface area contributed by atoms with Gasteiger partial charge in [-0.05, 0) is 18.2 Å². The number of nitrogens with zero attached hydrogens (tertiary/aromatic N) is 4. The molecule has 2 heterocycles. The van der Waals surface area contributed by atoms with Gasteiger partial charge in [0.1, 0.15) is 6.61 Å². The molecule has 9 heteroatoms. The zero-order chi connectivity index (χ0) is 22.9. The number of benzene rings is 2. The molecule has 33 heavy (non-hydrogen) atoms. The summed E-state index contributed by atoms with van der Waals surface area (Å²) >= 11 is 1.32. The van der Waals surface area contributed by atoms with Gasteiger partial charge < -0.3 is 14.8 Å². The average molecular weight is 462 g/mol. The van der Waals surface area contributed by atoms with E-state index >= 15 is 0 Å². The topological polar surface area (TPSA) is 91.2 Å². The van der Waals surface area contributed by atoms with E-state index in [2.05, 4.69) is 20.5 Å². The molecule has 0 fully saturated rings. The largest absolute Gasteiger partial charge is 0.475 e. The van der Waals surface area contributed by atoms with Gasteiger partial charge in [0.25, 0.3) is 0 Å². The van der Waals surface area contributed by atoms with Gasteiger partial charge in [-0.3, -0.25) is 9.36 Å². The van der Waals surface area contributed by atoms with Crippen molar-refractivity contribution in [3.05, 3.63) is 79.0 Å². The first-order valence-corrected chi connectivity index (χ1v) is 11.3. The smallest absolute Gasteiger partial charge is 0.234 e. The van der Waals surface area contributed by atoms with Crippen molar-refractivity contribution in [2.75, 3.05) is 31.4 Å². The van der Waals surface area contributed by atoms with E-state index < -0.39 is 0 Å². The maximum Gasteiger partial charge on any atom is 0.234 e. The van der Waals surface area contributed by atoms with E-state index in [0.717, 1.165) is 17.1 Å². The molecule has 0 bridgehead atoms.